The number of aromatic nitrogens is 1. The number of carbonyl (C=O) groups excluding carboxylic acids is 1. The van der Waals surface area contributed by atoms with Crippen LogP contribution in [0.15, 0.2) is 42.6 Å². The van der Waals surface area contributed by atoms with E-state index in [1.807, 2.05) is 0 Å². The molecule has 6 heteroatoms. The number of rotatable bonds is 3. The van der Waals surface area contributed by atoms with Gasteiger partial charge in [0.25, 0.3) is 0 Å². The number of anilines is 1. The molecule has 1 aliphatic rings. The van der Waals surface area contributed by atoms with Crippen LogP contribution in [0, 0.1) is 17.7 Å². The molecule has 1 fully saturated rings. The monoisotopic (exact) mass is 317 g/mol. The van der Waals surface area contributed by atoms with Crippen LogP contribution in [-0.4, -0.2) is 29.0 Å². The molecule has 1 aromatic heterocycles. The maximum Gasteiger partial charge on any atom is 0.321 e. The Labute approximate surface area is 133 Å². The highest BCUT2D eigenvalue weighted by Crippen LogP contribution is 2.22. The molecule has 1 unspecified atom stereocenters. The molecule has 0 spiro atoms. The van der Waals surface area contributed by atoms with Gasteiger partial charge in [-0.05, 0) is 48.6 Å². The van der Waals surface area contributed by atoms with Crippen LogP contribution in [0.3, 0.4) is 0 Å². The minimum absolute atomic E-state index is 0.208. The van der Waals surface area contributed by atoms with Crippen LogP contribution in [0.4, 0.5) is 19.3 Å². The summed E-state index contributed by atoms with van der Waals surface area (Å²) in [6.07, 6.45) is 3.02. The van der Waals surface area contributed by atoms with Gasteiger partial charge in [-0.2, -0.15) is 4.39 Å². The molecular weight excluding hydrogens is 300 g/mol. The first kappa shape index (κ1) is 15.4. The molecular formula is C17H17F2N3O. The van der Waals surface area contributed by atoms with E-state index < -0.39 is 5.95 Å². The van der Waals surface area contributed by atoms with Gasteiger partial charge in [-0.3, -0.25) is 0 Å². The van der Waals surface area contributed by atoms with E-state index in [2.05, 4.69) is 10.3 Å². The van der Waals surface area contributed by atoms with E-state index in [0.717, 1.165) is 18.4 Å². The van der Waals surface area contributed by atoms with Gasteiger partial charge in [0.15, 0.2) is 0 Å². The van der Waals surface area contributed by atoms with Gasteiger partial charge in [-0.15, -0.1) is 0 Å². The Hall–Kier alpha value is -2.50. The molecule has 0 saturated carbocycles. The fourth-order valence-corrected chi connectivity index (χ4v) is 2.79. The van der Waals surface area contributed by atoms with Crippen molar-refractivity contribution in [3.8, 4) is 0 Å². The van der Waals surface area contributed by atoms with Crippen LogP contribution < -0.4 is 5.32 Å². The number of amides is 2. The Balaban J connectivity index is 1.53. The molecule has 2 heterocycles. The van der Waals surface area contributed by atoms with Crippen molar-refractivity contribution >= 4 is 11.7 Å². The molecule has 0 radical (unpaired) electrons. The van der Waals surface area contributed by atoms with E-state index in [1.165, 1.54) is 30.5 Å². The normalized spacial score (nSPS) is 17.3. The van der Waals surface area contributed by atoms with Gasteiger partial charge in [0.05, 0.1) is 11.9 Å². The summed E-state index contributed by atoms with van der Waals surface area (Å²) >= 11 is 0. The second kappa shape index (κ2) is 6.73. The number of likely N-dealkylation sites (tertiary alicyclic amines) is 1. The second-order valence-electron chi connectivity index (χ2n) is 5.73. The molecule has 1 saturated heterocycles. The summed E-state index contributed by atoms with van der Waals surface area (Å²) in [6.45, 7) is 1.32. The predicted octanol–water partition coefficient (Wildman–Crippen LogP) is 3.46. The molecule has 4 nitrogen and oxygen atoms in total. The fraction of sp³-hybridized carbons (Fsp3) is 0.294. The van der Waals surface area contributed by atoms with E-state index in [4.69, 9.17) is 0 Å². The lowest BCUT2D eigenvalue weighted by Gasteiger charge is -2.17. The average molecular weight is 317 g/mol. The van der Waals surface area contributed by atoms with Gasteiger partial charge in [0.2, 0.25) is 5.95 Å². The molecule has 120 valence electrons. The van der Waals surface area contributed by atoms with Crippen molar-refractivity contribution in [3.63, 3.8) is 0 Å². The number of hydrogen-bond acceptors (Lipinski definition) is 2. The van der Waals surface area contributed by atoms with Gasteiger partial charge in [-0.1, -0.05) is 12.1 Å². The third kappa shape index (κ3) is 4.03. The molecule has 1 atom stereocenters. The van der Waals surface area contributed by atoms with Crippen LogP contribution >= 0.6 is 0 Å². The SMILES string of the molecule is O=C(Nc1ccc(F)nc1)N1CCC(Cc2ccc(F)cc2)C1. The topological polar surface area (TPSA) is 45.2 Å². The van der Waals surface area contributed by atoms with E-state index in [-0.39, 0.29) is 11.8 Å². The second-order valence-corrected chi connectivity index (χ2v) is 5.73. The molecule has 23 heavy (non-hydrogen) atoms. The third-order valence-electron chi connectivity index (χ3n) is 3.99. The summed E-state index contributed by atoms with van der Waals surface area (Å²) in [5, 5.41) is 2.71. The highest BCUT2D eigenvalue weighted by molar-refractivity contribution is 5.89. The Kier molecular flexibility index (Phi) is 4.50. The van der Waals surface area contributed by atoms with Crippen LogP contribution in [0.1, 0.15) is 12.0 Å². The lowest BCUT2D eigenvalue weighted by molar-refractivity contribution is 0.221. The van der Waals surface area contributed by atoms with Crippen molar-refractivity contribution in [2.45, 2.75) is 12.8 Å². The van der Waals surface area contributed by atoms with E-state index >= 15 is 0 Å². The van der Waals surface area contributed by atoms with Crippen LogP contribution in [0.2, 0.25) is 0 Å². The average Bonchev–Trinajstić information content (AvgIpc) is 3.00. The molecule has 1 aromatic carbocycles. The largest absolute Gasteiger partial charge is 0.324 e. The highest BCUT2D eigenvalue weighted by atomic mass is 19.1. The summed E-state index contributed by atoms with van der Waals surface area (Å²) in [5.74, 6) is -0.463. The molecule has 3 rings (SSSR count). The summed E-state index contributed by atoms with van der Waals surface area (Å²) in [6, 6.07) is 8.94. The fourth-order valence-electron chi connectivity index (χ4n) is 2.79. The Morgan fingerprint density at radius 1 is 1.22 bits per heavy atom. The van der Waals surface area contributed by atoms with Gasteiger partial charge >= 0.3 is 6.03 Å². The summed E-state index contributed by atoms with van der Waals surface area (Å²) < 4.78 is 25.7. The van der Waals surface area contributed by atoms with Crippen molar-refractivity contribution < 1.29 is 13.6 Å². The zero-order chi connectivity index (χ0) is 16.2. The van der Waals surface area contributed by atoms with Crippen LogP contribution in [0.25, 0.3) is 0 Å². The van der Waals surface area contributed by atoms with Gasteiger partial charge < -0.3 is 10.2 Å². The molecule has 1 N–H and O–H groups in total. The van der Waals surface area contributed by atoms with Crippen molar-refractivity contribution in [2.75, 3.05) is 18.4 Å². The van der Waals surface area contributed by atoms with E-state index in [1.54, 1.807) is 17.0 Å². The third-order valence-corrected chi connectivity index (χ3v) is 3.99. The maximum atomic E-state index is 12.9. The maximum absolute atomic E-state index is 12.9. The lowest BCUT2D eigenvalue weighted by Crippen LogP contribution is -2.33. The Morgan fingerprint density at radius 3 is 2.70 bits per heavy atom. The molecule has 1 aliphatic heterocycles. The number of pyridine rings is 1. The van der Waals surface area contributed by atoms with Crippen molar-refractivity contribution in [1.82, 2.24) is 9.88 Å². The standard InChI is InChI=1S/C17H17F2N3O/c18-14-3-1-12(2-4-14)9-13-7-8-22(11-13)17(23)21-15-5-6-16(19)20-10-15/h1-6,10,13H,7-9,11H2,(H,21,23). The first-order valence-electron chi connectivity index (χ1n) is 7.52. The number of benzene rings is 1. The van der Waals surface area contributed by atoms with Crippen LogP contribution in [-0.2, 0) is 6.42 Å². The zero-order valence-electron chi connectivity index (χ0n) is 12.5. The molecule has 2 amide bonds. The highest BCUT2D eigenvalue weighted by Gasteiger charge is 2.26. The molecule has 0 aliphatic carbocycles. The Bertz CT molecular complexity index is 673. The van der Waals surface area contributed by atoms with Gasteiger partial charge in [-0.25, -0.2) is 14.2 Å². The van der Waals surface area contributed by atoms with Gasteiger partial charge in [0.1, 0.15) is 5.82 Å². The van der Waals surface area contributed by atoms with Crippen LogP contribution in [0.5, 0.6) is 0 Å². The summed E-state index contributed by atoms with van der Waals surface area (Å²) in [4.78, 5) is 17.4. The van der Waals surface area contributed by atoms with Crippen molar-refractivity contribution in [3.05, 3.63) is 59.9 Å². The van der Waals surface area contributed by atoms with Crippen molar-refractivity contribution in [1.29, 1.82) is 0 Å². The van der Waals surface area contributed by atoms with Gasteiger partial charge in [0, 0.05) is 13.1 Å². The summed E-state index contributed by atoms with van der Waals surface area (Å²) in [7, 11) is 0. The minimum Gasteiger partial charge on any atom is -0.324 e. The number of carbonyl (C=O) groups is 1. The molecule has 0 bridgehead atoms. The van der Waals surface area contributed by atoms with E-state index in [9.17, 15) is 13.6 Å². The minimum atomic E-state index is -0.580. The number of hydrogen-bond donors (Lipinski definition) is 1. The zero-order valence-corrected chi connectivity index (χ0v) is 12.5. The number of nitrogens with one attached hydrogen (secondary N) is 1. The number of halogens is 2. The quantitative estimate of drug-likeness (QED) is 0.881. The Morgan fingerprint density at radius 2 is 2.00 bits per heavy atom. The summed E-state index contributed by atoms with van der Waals surface area (Å²) in [5.41, 5.74) is 1.54. The molecule has 2 aromatic rings. The smallest absolute Gasteiger partial charge is 0.321 e. The first-order valence-corrected chi connectivity index (χ1v) is 7.52. The predicted molar refractivity (Wildman–Crippen MR) is 83.0 cm³/mol. The van der Waals surface area contributed by atoms with E-state index in [0.29, 0.717) is 24.7 Å². The first-order chi connectivity index (χ1) is 11.1. The van der Waals surface area contributed by atoms with Crippen molar-refractivity contribution in [2.24, 2.45) is 5.92 Å². The number of urea groups is 1. The lowest BCUT2D eigenvalue weighted by atomic mass is 9.99. The number of nitrogens with zero attached hydrogens (tertiary/aromatic N) is 2.